The molecule has 6 nitrogen and oxygen atoms in total. The Morgan fingerprint density at radius 2 is 2.27 bits per heavy atom. The van der Waals surface area contributed by atoms with Crippen LogP contribution in [0.2, 0.25) is 0 Å². The molecular formula is C9H18N4O2. The molecule has 0 amide bonds. The summed E-state index contributed by atoms with van der Waals surface area (Å²) >= 11 is 0. The van der Waals surface area contributed by atoms with Gasteiger partial charge in [0.1, 0.15) is 5.69 Å². The highest BCUT2D eigenvalue weighted by molar-refractivity contribution is 5.08. The van der Waals surface area contributed by atoms with Gasteiger partial charge in [-0.25, -0.2) is 4.68 Å². The zero-order valence-corrected chi connectivity index (χ0v) is 9.02. The van der Waals surface area contributed by atoms with E-state index in [2.05, 4.69) is 10.3 Å². The fourth-order valence-electron chi connectivity index (χ4n) is 1.37. The zero-order valence-electron chi connectivity index (χ0n) is 9.02. The summed E-state index contributed by atoms with van der Waals surface area (Å²) in [6, 6.07) is 0. The molecule has 0 aliphatic rings. The van der Waals surface area contributed by atoms with E-state index < -0.39 is 0 Å². The molecule has 3 N–H and O–H groups in total. The summed E-state index contributed by atoms with van der Waals surface area (Å²) < 4.78 is 6.86. The number of aryl methyl sites for hydroxylation is 1. The average Bonchev–Trinajstić information content (AvgIpc) is 2.62. The van der Waals surface area contributed by atoms with Gasteiger partial charge in [0.05, 0.1) is 12.3 Å². The number of unbranched alkanes of at least 4 members (excludes halogenated alkanes) is 1. The number of aliphatic hydroxyl groups excluding tert-OH is 1. The molecule has 0 aromatic carbocycles. The SMILES string of the molecule is COCc1c(CN)nnn1CCCCO. The third-order valence-corrected chi connectivity index (χ3v) is 2.17. The van der Waals surface area contributed by atoms with Crippen LogP contribution in [0.4, 0.5) is 0 Å². The van der Waals surface area contributed by atoms with Crippen LogP contribution in [0.3, 0.4) is 0 Å². The fraction of sp³-hybridized carbons (Fsp3) is 0.778. The molecule has 0 unspecified atom stereocenters. The van der Waals surface area contributed by atoms with Crippen molar-refractivity contribution in [3.63, 3.8) is 0 Å². The summed E-state index contributed by atoms with van der Waals surface area (Å²) in [5.74, 6) is 0. The van der Waals surface area contributed by atoms with Gasteiger partial charge in [-0.15, -0.1) is 5.10 Å². The first-order valence-corrected chi connectivity index (χ1v) is 5.04. The van der Waals surface area contributed by atoms with E-state index in [0.29, 0.717) is 13.2 Å². The summed E-state index contributed by atoms with van der Waals surface area (Å²) in [5, 5.41) is 16.7. The van der Waals surface area contributed by atoms with Crippen molar-refractivity contribution < 1.29 is 9.84 Å². The number of aromatic nitrogens is 3. The second kappa shape index (κ2) is 6.49. The predicted molar refractivity (Wildman–Crippen MR) is 54.9 cm³/mol. The molecule has 0 aliphatic carbocycles. The van der Waals surface area contributed by atoms with Crippen molar-refractivity contribution in [1.82, 2.24) is 15.0 Å². The van der Waals surface area contributed by atoms with Gasteiger partial charge in [0, 0.05) is 26.8 Å². The molecule has 0 spiro atoms. The van der Waals surface area contributed by atoms with Crippen LogP contribution in [0.5, 0.6) is 0 Å². The zero-order chi connectivity index (χ0) is 11.1. The minimum absolute atomic E-state index is 0.206. The maximum atomic E-state index is 8.68. The van der Waals surface area contributed by atoms with Crippen LogP contribution < -0.4 is 5.73 Å². The summed E-state index contributed by atoms with van der Waals surface area (Å²) in [6.45, 7) is 1.79. The number of methoxy groups -OCH3 is 1. The van der Waals surface area contributed by atoms with E-state index in [-0.39, 0.29) is 6.61 Å². The smallest absolute Gasteiger partial charge is 0.102 e. The van der Waals surface area contributed by atoms with Gasteiger partial charge < -0.3 is 15.6 Å². The van der Waals surface area contributed by atoms with E-state index >= 15 is 0 Å². The lowest BCUT2D eigenvalue weighted by atomic mass is 10.3. The normalized spacial score (nSPS) is 10.9. The molecule has 0 saturated carbocycles. The first-order valence-electron chi connectivity index (χ1n) is 5.04. The Kier molecular flexibility index (Phi) is 5.23. The molecular weight excluding hydrogens is 196 g/mol. The third kappa shape index (κ3) is 3.26. The average molecular weight is 214 g/mol. The Morgan fingerprint density at radius 3 is 2.87 bits per heavy atom. The molecule has 0 bridgehead atoms. The van der Waals surface area contributed by atoms with Gasteiger partial charge in [-0.2, -0.15) is 0 Å². The molecule has 6 heteroatoms. The fourth-order valence-corrected chi connectivity index (χ4v) is 1.37. The van der Waals surface area contributed by atoms with E-state index in [4.69, 9.17) is 15.6 Å². The molecule has 0 atom stereocenters. The number of ether oxygens (including phenoxy) is 1. The van der Waals surface area contributed by atoms with Crippen molar-refractivity contribution in [2.75, 3.05) is 13.7 Å². The highest BCUT2D eigenvalue weighted by Crippen LogP contribution is 2.07. The number of hydrogen-bond acceptors (Lipinski definition) is 5. The van der Waals surface area contributed by atoms with Gasteiger partial charge >= 0.3 is 0 Å². The highest BCUT2D eigenvalue weighted by atomic mass is 16.5. The van der Waals surface area contributed by atoms with Crippen molar-refractivity contribution in [3.05, 3.63) is 11.4 Å². The van der Waals surface area contributed by atoms with Crippen LogP contribution in [-0.4, -0.2) is 33.8 Å². The van der Waals surface area contributed by atoms with E-state index in [9.17, 15) is 0 Å². The lowest BCUT2D eigenvalue weighted by Crippen LogP contribution is -2.09. The Balaban J connectivity index is 2.64. The van der Waals surface area contributed by atoms with Crippen LogP contribution in [0, 0.1) is 0 Å². The van der Waals surface area contributed by atoms with E-state index in [1.165, 1.54) is 0 Å². The largest absolute Gasteiger partial charge is 0.396 e. The van der Waals surface area contributed by atoms with Crippen LogP contribution >= 0.6 is 0 Å². The maximum Gasteiger partial charge on any atom is 0.102 e. The van der Waals surface area contributed by atoms with Gasteiger partial charge in [0.15, 0.2) is 0 Å². The van der Waals surface area contributed by atoms with Crippen molar-refractivity contribution in [2.45, 2.75) is 32.5 Å². The number of rotatable bonds is 7. The third-order valence-electron chi connectivity index (χ3n) is 2.17. The molecule has 15 heavy (non-hydrogen) atoms. The van der Waals surface area contributed by atoms with Crippen molar-refractivity contribution in [2.24, 2.45) is 5.73 Å². The van der Waals surface area contributed by atoms with E-state index in [1.54, 1.807) is 11.8 Å². The summed E-state index contributed by atoms with van der Waals surface area (Å²) in [6.07, 6.45) is 1.64. The van der Waals surface area contributed by atoms with Crippen molar-refractivity contribution in [1.29, 1.82) is 0 Å². The second-order valence-electron chi connectivity index (χ2n) is 3.27. The quantitative estimate of drug-likeness (QED) is 0.606. The molecule has 1 aromatic heterocycles. The Morgan fingerprint density at radius 1 is 1.47 bits per heavy atom. The monoisotopic (exact) mass is 214 g/mol. The van der Waals surface area contributed by atoms with Crippen LogP contribution in [0.25, 0.3) is 0 Å². The molecule has 0 fully saturated rings. The first-order chi connectivity index (χ1) is 7.33. The summed E-state index contributed by atoms with van der Waals surface area (Å²) in [4.78, 5) is 0. The van der Waals surface area contributed by atoms with Gasteiger partial charge in [0.2, 0.25) is 0 Å². The molecule has 0 saturated heterocycles. The summed E-state index contributed by atoms with van der Waals surface area (Å²) in [7, 11) is 1.63. The number of aliphatic hydroxyl groups is 1. The Hall–Kier alpha value is -0.980. The molecule has 0 aliphatic heterocycles. The molecule has 0 radical (unpaired) electrons. The van der Waals surface area contributed by atoms with Crippen molar-refractivity contribution >= 4 is 0 Å². The van der Waals surface area contributed by atoms with Crippen molar-refractivity contribution in [3.8, 4) is 0 Å². The number of nitrogens with zero attached hydrogens (tertiary/aromatic N) is 3. The van der Waals surface area contributed by atoms with Gasteiger partial charge in [-0.05, 0) is 12.8 Å². The standard InChI is InChI=1S/C9H18N4O2/c1-15-7-9-8(6-10)11-12-13(9)4-2-3-5-14/h14H,2-7,10H2,1H3. The molecule has 86 valence electrons. The first kappa shape index (κ1) is 12.1. The second-order valence-corrected chi connectivity index (χ2v) is 3.27. The highest BCUT2D eigenvalue weighted by Gasteiger charge is 2.10. The number of nitrogens with two attached hydrogens (primary N) is 1. The summed E-state index contributed by atoms with van der Waals surface area (Å²) in [5.41, 5.74) is 7.24. The van der Waals surface area contributed by atoms with E-state index in [1.807, 2.05) is 0 Å². The lowest BCUT2D eigenvalue weighted by molar-refractivity contribution is 0.175. The molecule has 1 aromatic rings. The molecule has 1 heterocycles. The van der Waals surface area contributed by atoms with Crippen LogP contribution in [-0.2, 0) is 24.4 Å². The van der Waals surface area contributed by atoms with Gasteiger partial charge in [-0.1, -0.05) is 5.21 Å². The topological polar surface area (TPSA) is 86.2 Å². The maximum absolute atomic E-state index is 8.68. The van der Waals surface area contributed by atoms with Gasteiger partial charge in [0.25, 0.3) is 0 Å². The Bertz CT molecular complexity index is 288. The molecule has 1 rings (SSSR count). The number of hydrogen-bond donors (Lipinski definition) is 2. The van der Waals surface area contributed by atoms with Crippen LogP contribution in [0.1, 0.15) is 24.2 Å². The van der Waals surface area contributed by atoms with Crippen LogP contribution in [0.15, 0.2) is 0 Å². The lowest BCUT2D eigenvalue weighted by Gasteiger charge is -2.05. The minimum Gasteiger partial charge on any atom is -0.396 e. The van der Waals surface area contributed by atoms with E-state index in [0.717, 1.165) is 30.8 Å². The van der Waals surface area contributed by atoms with Gasteiger partial charge in [-0.3, -0.25) is 0 Å². The Labute approximate surface area is 89.0 Å². The predicted octanol–water partition coefficient (Wildman–Crippen LogP) is -0.344. The minimum atomic E-state index is 0.206.